The van der Waals surface area contributed by atoms with Crippen LogP contribution in [0.3, 0.4) is 0 Å². The van der Waals surface area contributed by atoms with Gasteiger partial charge in [0.05, 0.1) is 30.5 Å². The summed E-state index contributed by atoms with van der Waals surface area (Å²) in [5, 5.41) is 8.70. The minimum absolute atomic E-state index is 0.0762. The number of benzene rings is 2. The first-order valence-corrected chi connectivity index (χ1v) is 9.29. The molecule has 6 heteroatoms. The second-order valence-corrected chi connectivity index (χ2v) is 7.69. The van der Waals surface area contributed by atoms with E-state index in [1.807, 2.05) is 25.1 Å². The van der Waals surface area contributed by atoms with Crippen LogP contribution in [0.15, 0.2) is 42.5 Å². The van der Waals surface area contributed by atoms with E-state index >= 15 is 0 Å². The number of ether oxygens (including phenoxy) is 1. The molecule has 0 unspecified atom stereocenters. The van der Waals surface area contributed by atoms with Gasteiger partial charge in [-0.3, -0.25) is 4.31 Å². The van der Waals surface area contributed by atoms with Gasteiger partial charge < -0.3 is 4.74 Å². The van der Waals surface area contributed by atoms with Crippen LogP contribution in [0.2, 0.25) is 0 Å². The highest BCUT2D eigenvalue weighted by Gasteiger charge is 2.28. The van der Waals surface area contributed by atoms with Gasteiger partial charge >= 0.3 is 0 Å². The number of hydrogen-bond acceptors (Lipinski definition) is 4. The highest BCUT2D eigenvalue weighted by molar-refractivity contribution is 7.92. The third-order valence-corrected chi connectivity index (χ3v) is 5.68. The van der Waals surface area contributed by atoms with Crippen molar-refractivity contribution in [1.29, 1.82) is 5.26 Å². The van der Waals surface area contributed by atoms with Crippen molar-refractivity contribution in [3.8, 4) is 11.8 Å². The van der Waals surface area contributed by atoms with Gasteiger partial charge in [0.2, 0.25) is 10.0 Å². The molecular weight excluding hydrogens is 324 g/mol. The van der Waals surface area contributed by atoms with Crippen LogP contribution in [0.5, 0.6) is 5.75 Å². The molecule has 0 aliphatic carbocycles. The normalized spacial score (nSPS) is 13.8. The van der Waals surface area contributed by atoms with Gasteiger partial charge in [-0.1, -0.05) is 30.3 Å². The van der Waals surface area contributed by atoms with E-state index in [4.69, 9.17) is 10.00 Å². The molecule has 0 aromatic heterocycles. The topological polar surface area (TPSA) is 70.4 Å². The molecule has 0 atom stereocenters. The summed E-state index contributed by atoms with van der Waals surface area (Å²) in [6.45, 7) is 2.58. The summed E-state index contributed by atoms with van der Waals surface area (Å²) in [5.41, 5.74) is 3.17. The highest BCUT2D eigenvalue weighted by Crippen LogP contribution is 2.34. The van der Waals surface area contributed by atoms with Crippen LogP contribution >= 0.6 is 0 Å². The lowest BCUT2D eigenvalue weighted by Crippen LogP contribution is -2.38. The van der Waals surface area contributed by atoms with Crippen molar-refractivity contribution in [2.24, 2.45) is 0 Å². The summed E-state index contributed by atoms with van der Waals surface area (Å²) in [6.07, 6.45) is 0.323. The Bertz CT molecular complexity index is 883. The number of hydrogen-bond donors (Lipinski definition) is 0. The van der Waals surface area contributed by atoms with Gasteiger partial charge in [0.1, 0.15) is 12.4 Å². The highest BCUT2D eigenvalue weighted by atomic mass is 32.2. The second kappa shape index (κ2) is 6.54. The summed E-state index contributed by atoms with van der Waals surface area (Å²) in [5.74, 6) is 0.521. The molecule has 0 N–H and O–H groups in total. The maximum atomic E-state index is 12.9. The van der Waals surface area contributed by atoms with E-state index < -0.39 is 10.0 Å². The molecule has 0 spiro atoms. The quantitative estimate of drug-likeness (QED) is 0.857. The molecule has 2 aromatic carbocycles. The third-order valence-electron chi connectivity index (χ3n) is 3.93. The van der Waals surface area contributed by atoms with E-state index in [0.29, 0.717) is 36.6 Å². The van der Waals surface area contributed by atoms with Crippen LogP contribution < -0.4 is 9.04 Å². The molecule has 24 heavy (non-hydrogen) atoms. The molecule has 1 aliphatic rings. The second-order valence-electron chi connectivity index (χ2n) is 5.80. The van der Waals surface area contributed by atoms with Crippen molar-refractivity contribution >= 4 is 15.7 Å². The van der Waals surface area contributed by atoms with Crippen LogP contribution in [0, 0.1) is 18.3 Å². The average molecular weight is 342 g/mol. The van der Waals surface area contributed by atoms with Crippen molar-refractivity contribution < 1.29 is 13.2 Å². The Morgan fingerprint density at radius 2 is 1.88 bits per heavy atom. The number of nitrogens with zero attached hydrogens (tertiary/aromatic N) is 2. The minimum atomic E-state index is -3.50. The van der Waals surface area contributed by atoms with Gasteiger partial charge in [0.25, 0.3) is 0 Å². The number of anilines is 1. The molecule has 0 saturated heterocycles. The van der Waals surface area contributed by atoms with Crippen molar-refractivity contribution in [1.82, 2.24) is 0 Å². The van der Waals surface area contributed by atoms with E-state index in [0.717, 1.165) is 11.1 Å². The van der Waals surface area contributed by atoms with Crippen molar-refractivity contribution in [3.63, 3.8) is 0 Å². The molecule has 0 fully saturated rings. The fourth-order valence-corrected chi connectivity index (χ4v) is 4.29. The number of aryl methyl sites for hydroxylation is 1. The van der Waals surface area contributed by atoms with Gasteiger partial charge in [0.15, 0.2) is 0 Å². The van der Waals surface area contributed by atoms with Gasteiger partial charge in [-0.15, -0.1) is 0 Å². The SMILES string of the molecule is Cc1ccc2c(c1)N(S(=O)(=O)Cc1ccc(CC#N)cc1)CCO2. The van der Waals surface area contributed by atoms with E-state index in [2.05, 4.69) is 6.07 Å². The van der Waals surface area contributed by atoms with Crippen molar-refractivity contribution in [2.45, 2.75) is 19.1 Å². The zero-order chi connectivity index (χ0) is 17.2. The Morgan fingerprint density at radius 1 is 1.17 bits per heavy atom. The van der Waals surface area contributed by atoms with Gasteiger partial charge in [-0.05, 0) is 35.7 Å². The Balaban J connectivity index is 1.87. The maximum absolute atomic E-state index is 12.9. The fourth-order valence-electron chi connectivity index (χ4n) is 2.73. The predicted octanol–water partition coefficient (Wildman–Crippen LogP) is 2.79. The molecule has 0 amide bonds. The maximum Gasteiger partial charge on any atom is 0.239 e. The molecule has 0 radical (unpaired) electrons. The molecule has 0 bridgehead atoms. The number of nitriles is 1. The lowest BCUT2D eigenvalue weighted by molar-refractivity contribution is 0.315. The monoisotopic (exact) mass is 342 g/mol. The molecule has 5 nitrogen and oxygen atoms in total. The Labute approximate surface area is 142 Å². The van der Waals surface area contributed by atoms with E-state index in [1.165, 1.54) is 4.31 Å². The first-order chi connectivity index (χ1) is 11.5. The van der Waals surface area contributed by atoms with Crippen molar-refractivity contribution in [2.75, 3.05) is 17.5 Å². The molecule has 1 heterocycles. The predicted molar refractivity (Wildman–Crippen MR) is 92.4 cm³/mol. The summed E-state index contributed by atoms with van der Waals surface area (Å²) in [7, 11) is -3.50. The summed E-state index contributed by atoms with van der Waals surface area (Å²) in [4.78, 5) is 0. The lowest BCUT2D eigenvalue weighted by atomic mass is 10.1. The zero-order valence-corrected chi connectivity index (χ0v) is 14.2. The smallest absolute Gasteiger partial charge is 0.239 e. The van der Waals surface area contributed by atoms with Crippen LogP contribution in [0.4, 0.5) is 5.69 Å². The zero-order valence-electron chi connectivity index (χ0n) is 13.4. The van der Waals surface area contributed by atoms with Gasteiger partial charge in [-0.25, -0.2) is 8.42 Å². The van der Waals surface area contributed by atoms with Crippen LogP contribution in [0.1, 0.15) is 16.7 Å². The van der Waals surface area contributed by atoms with Crippen LogP contribution in [0.25, 0.3) is 0 Å². The van der Waals surface area contributed by atoms with E-state index in [1.54, 1.807) is 24.3 Å². The molecule has 124 valence electrons. The van der Waals surface area contributed by atoms with Crippen molar-refractivity contribution in [3.05, 3.63) is 59.2 Å². The molecule has 3 rings (SSSR count). The average Bonchev–Trinajstić information content (AvgIpc) is 2.56. The first kappa shape index (κ1) is 16.3. The summed E-state index contributed by atoms with van der Waals surface area (Å²) >= 11 is 0. The van der Waals surface area contributed by atoms with Gasteiger partial charge in [0, 0.05) is 0 Å². The molecule has 0 saturated carbocycles. The Hall–Kier alpha value is -2.52. The largest absolute Gasteiger partial charge is 0.489 e. The van der Waals surface area contributed by atoms with Crippen LogP contribution in [-0.2, 0) is 22.2 Å². The standard InChI is InChI=1S/C18H18N2O3S/c1-14-2-7-18-17(12-14)20(10-11-23-18)24(21,22)13-16-5-3-15(4-6-16)8-9-19/h2-7,12H,8,10-11,13H2,1H3. The molecule has 2 aromatic rings. The van der Waals surface area contributed by atoms with E-state index in [9.17, 15) is 8.42 Å². The molecular formula is C18H18N2O3S. The lowest BCUT2D eigenvalue weighted by Gasteiger charge is -2.30. The third kappa shape index (κ3) is 3.36. The summed E-state index contributed by atoms with van der Waals surface area (Å²) in [6, 6.07) is 14.8. The van der Waals surface area contributed by atoms with Crippen LogP contribution in [-0.4, -0.2) is 21.6 Å². The minimum Gasteiger partial charge on any atom is -0.489 e. The fraction of sp³-hybridized carbons (Fsp3) is 0.278. The Kier molecular flexibility index (Phi) is 4.45. The summed E-state index contributed by atoms with van der Waals surface area (Å²) < 4.78 is 32.7. The Morgan fingerprint density at radius 3 is 2.58 bits per heavy atom. The number of fused-ring (bicyclic) bond motifs is 1. The number of sulfonamides is 1. The first-order valence-electron chi connectivity index (χ1n) is 7.68. The molecule has 1 aliphatic heterocycles. The van der Waals surface area contributed by atoms with Gasteiger partial charge in [-0.2, -0.15) is 5.26 Å². The number of rotatable bonds is 4. The van der Waals surface area contributed by atoms with E-state index in [-0.39, 0.29) is 5.75 Å².